The summed E-state index contributed by atoms with van der Waals surface area (Å²) in [5.74, 6) is -2.84. The fraction of sp³-hybridized carbons (Fsp3) is 0.333. The van der Waals surface area contributed by atoms with Crippen LogP contribution in [-0.4, -0.2) is 42.0 Å². The number of aromatic nitrogens is 1. The van der Waals surface area contributed by atoms with E-state index in [4.69, 9.17) is 11.0 Å². The van der Waals surface area contributed by atoms with Crippen molar-refractivity contribution in [1.29, 1.82) is 5.26 Å². The number of likely N-dealkylation sites (tertiary alicyclic amines) is 1. The molecule has 7 heteroatoms. The minimum atomic E-state index is -2.84. The van der Waals surface area contributed by atoms with Gasteiger partial charge in [0, 0.05) is 11.9 Å². The number of pyridine rings is 1. The first-order valence-electron chi connectivity index (χ1n) is 6.82. The van der Waals surface area contributed by atoms with Gasteiger partial charge in [-0.25, -0.2) is 8.78 Å². The van der Waals surface area contributed by atoms with E-state index < -0.39 is 12.0 Å². The molecular weight excluding hydrogens is 288 g/mol. The Hall–Kier alpha value is -2.46. The Balaban J connectivity index is 2.06. The summed E-state index contributed by atoms with van der Waals surface area (Å²) in [4.78, 5) is 5.74. The van der Waals surface area contributed by atoms with E-state index in [0.717, 1.165) is 0 Å². The van der Waals surface area contributed by atoms with Crippen LogP contribution in [0.1, 0.15) is 5.56 Å². The normalized spacial score (nSPS) is 20.9. The molecule has 0 saturated carbocycles. The highest BCUT2D eigenvalue weighted by Gasteiger charge is 2.47. The van der Waals surface area contributed by atoms with Gasteiger partial charge in [-0.05, 0) is 25.2 Å². The lowest BCUT2D eigenvalue weighted by Gasteiger charge is -2.22. The summed E-state index contributed by atoms with van der Waals surface area (Å²) < 4.78 is 28.0. The van der Waals surface area contributed by atoms with Crippen LogP contribution in [0, 0.1) is 11.3 Å². The molecule has 0 radical (unpaired) electrons. The number of nitrogens with zero attached hydrogens (tertiary/aromatic N) is 3. The molecule has 1 aromatic carbocycles. The molecule has 5 nitrogen and oxygen atoms in total. The summed E-state index contributed by atoms with van der Waals surface area (Å²) in [5.41, 5.74) is 7.63. The maximum Gasteiger partial charge on any atom is 0.281 e. The van der Waals surface area contributed by atoms with Gasteiger partial charge < -0.3 is 11.1 Å². The topological polar surface area (TPSA) is 78.0 Å². The third-order valence-electron chi connectivity index (χ3n) is 3.83. The number of benzene rings is 1. The lowest BCUT2D eigenvalue weighted by Crippen LogP contribution is -2.38. The molecule has 22 heavy (non-hydrogen) atoms. The lowest BCUT2D eigenvalue weighted by molar-refractivity contribution is 0.00610. The van der Waals surface area contributed by atoms with Crippen molar-refractivity contribution in [2.45, 2.75) is 12.0 Å². The van der Waals surface area contributed by atoms with E-state index in [0.29, 0.717) is 22.2 Å². The van der Waals surface area contributed by atoms with Crippen molar-refractivity contribution >= 4 is 22.3 Å². The van der Waals surface area contributed by atoms with Gasteiger partial charge in [0.15, 0.2) is 0 Å². The SMILES string of the molecule is CN1CC(Nc2c(N)cnc3ccc(C#N)cc23)C(F)(F)C1. The van der Waals surface area contributed by atoms with Gasteiger partial charge in [-0.3, -0.25) is 9.88 Å². The highest BCUT2D eigenvalue weighted by molar-refractivity contribution is 5.97. The van der Waals surface area contributed by atoms with Crippen LogP contribution in [0.5, 0.6) is 0 Å². The molecule has 114 valence electrons. The molecule has 2 heterocycles. The van der Waals surface area contributed by atoms with E-state index in [9.17, 15) is 8.78 Å². The molecule has 0 bridgehead atoms. The van der Waals surface area contributed by atoms with Crippen LogP contribution < -0.4 is 11.1 Å². The molecule has 3 rings (SSSR count). The fourth-order valence-corrected chi connectivity index (χ4v) is 2.74. The van der Waals surface area contributed by atoms with E-state index in [-0.39, 0.29) is 18.8 Å². The molecule has 0 aliphatic carbocycles. The number of likely N-dealkylation sites (N-methyl/N-ethyl adjacent to an activating group) is 1. The molecule has 1 aliphatic rings. The Morgan fingerprint density at radius 1 is 1.50 bits per heavy atom. The zero-order valence-electron chi connectivity index (χ0n) is 12.0. The van der Waals surface area contributed by atoms with Crippen LogP contribution in [0.4, 0.5) is 20.2 Å². The third-order valence-corrected chi connectivity index (χ3v) is 3.83. The van der Waals surface area contributed by atoms with E-state index in [2.05, 4.69) is 10.3 Å². The molecule has 0 amide bonds. The van der Waals surface area contributed by atoms with Crippen molar-refractivity contribution in [2.24, 2.45) is 0 Å². The van der Waals surface area contributed by atoms with Gasteiger partial charge in [0.05, 0.1) is 41.3 Å². The van der Waals surface area contributed by atoms with Crippen LogP contribution in [0.3, 0.4) is 0 Å². The molecule has 2 aromatic rings. The van der Waals surface area contributed by atoms with E-state index in [1.165, 1.54) is 6.20 Å². The fourth-order valence-electron chi connectivity index (χ4n) is 2.74. The van der Waals surface area contributed by atoms with Gasteiger partial charge in [0.25, 0.3) is 5.92 Å². The van der Waals surface area contributed by atoms with E-state index in [1.807, 2.05) is 6.07 Å². The molecular formula is C15H15F2N5. The predicted molar refractivity (Wildman–Crippen MR) is 80.7 cm³/mol. The average molecular weight is 303 g/mol. The first kappa shape index (κ1) is 14.5. The average Bonchev–Trinajstić information content (AvgIpc) is 2.73. The van der Waals surface area contributed by atoms with Crippen molar-refractivity contribution in [3.8, 4) is 6.07 Å². The second kappa shape index (κ2) is 5.07. The van der Waals surface area contributed by atoms with Gasteiger partial charge in [-0.2, -0.15) is 5.26 Å². The second-order valence-corrected chi connectivity index (χ2v) is 5.59. The largest absolute Gasteiger partial charge is 0.396 e. The number of nitrogens with one attached hydrogen (secondary N) is 1. The minimum Gasteiger partial charge on any atom is -0.396 e. The Labute approximate surface area is 126 Å². The van der Waals surface area contributed by atoms with Crippen molar-refractivity contribution in [1.82, 2.24) is 9.88 Å². The molecule has 1 aromatic heterocycles. The Morgan fingerprint density at radius 2 is 2.27 bits per heavy atom. The van der Waals surface area contributed by atoms with Gasteiger partial charge >= 0.3 is 0 Å². The monoisotopic (exact) mass is 303 g/mol. The maximum absolute atomic E-state index is 14.0. The maximum atomic E-state index is 14.0. The summed E-state index contributed by atoms with van der Waals surface area (Å²) in [6.07, 6.45) is 1.44. The molecule has 1 unspecified atom stereocenters. The number of fused-ring (bicyclic) bond motifs is 1. The summed E-state index contributed by atoms with van der Waals surface area (Å²) in [6, 6.07) is 5.92. The van der Waals surface area contributed by atoms with Gasteiger partial charge in [-0.15, -0.1) is 0 Å². The summed E-state index contributed by atoms with van der Waals surface area (Å²) >= 11 is 0. The summed E-state index contributed by atoms with van der Waals surface area (Å²) in [6.45, 7) is -0.0781. The van der Waals surface area contributed by atoms with Crippen molar-refractivity contribution < 1.29 is 8.78 Å². The van der Waals surface area contributed by atoms with Crippen molar-refractivity contribution in [3.63, 3.8) is 0 Å². The Kier molecular flexibility index (Phi) is 3.34. The molecule has 0 spiro atoms. The smallest absolute Gasteiger partial charge is 0.281 e. The van der Waals surface area contributed by atoms with Crippen LogP contribution in [0.15, 0.2) is 24.4 Å². The Morgan fingerprint density at radius 3 is 2.91 bits per heavy atom. The van der Waals surface area contributed by atoms with Gasteiger partial charge in [0.1, 0.15) is 6.04 Å². The number of nitriles is 1. The first-order valence-corrected chi connectivity index (χ1v) is 6.82. The van der Waals surface area contributed by atoms with Crippen molar-refractivity contribution in [3.05, 3.63) is 30.0 Å². The number of halogens is 2. The first-order chi connectivity index (χ1) is 10.4. The standard InChI is InChI=1S/C15H15F2N5/c1-22-7-13(15(16,17)8-22)21-14-10-4-9(5-18)2-3-12(10)20-6-11(14)19/h2-4,6,13H,7-8,19H2,1H3,(H,20,21). The summed E-state index contributed by atoms with van der Waals surface area (Å²) in [5, 5.41) is 12.4. The van der Waals surface area contributed by atoms with Crippen LogP contribution >= 0.6 is 0 Å². The summed E-state index contributed by atoms with van der Waals surface area (Å²) in [7, 11) is 1.65. The number of anilines is 2. The zero-order valence-corrected chi connectivity index (χ0v) is 12.0. The molecule has 1 fully saturated rings. The van der Waals surface area contributed by atoms with Gasteiger partial charge in [-0.1, -0.05) is 0 Å². The minimum absolute atomic E-state index is 0.216. The van der Waals surface area contributed by atoms with E-state index >= 15 is 0 Å². The molecule has 3 N–H and O–H groups in total. The number of hydrogen-bond donors (Lipinski definition) is 2. The number of alkyl halides is 2. The quantitative estimate of drug-likeness (QED) is 0.888. The highest BCUT2D eigenvalue weighted by Crippen LogP contribution is 2.34. The van der Waals surface area contributed by atoms with Crippen molar-refractivity contribution in [2.75, 3.05) is 31.2 Å². The number of nitrogens with two attached hydrogens (primary N) is 1. The number of hydrogen-bond acceptors (Lipinski definition) is 5. The number of rotatable bonds is 2. The molecule has 1 atom stereocenters. The highest BCUT2D eigenvalue weighted by atomic mass is 19.3. The predicted octanol–water partition coefficient (Wildman–Crippen LogP) is 2.05. The van der Waals surface area contributed by atoms with Crippen LogP contribution in [0.25, 0.3) is 10.9 Å². The zero-order chi connectivity index (χ0) is 15.9. The van der Waals surface area contributed by atoms with Crippen LogP contribution in [-0.2, 0) is 0 Å². The third kappa shape index (κ3) is 2.42. The molecule has 1 saturated heterocycles. The Bertz CT molecular complexity index is 768. The lowest BCUT2D eigenvalue weighted by atomic mass is 10.1. The number of nitrogen functional groups attached to an aromatic ring is 1. The second-order valence-electron chi connectivity index (χ2n) is 5.59. The van der Waals surface area contributed by atoms with Crippen LogP contribution in [0.2, 0.25) is 0 Å². The van der Waals surface area contributed by atoms with E-state index in [1.54, 1.807) is 30.1 Å². The molecule has 1 aliphatic heterocycles. The van der Waals surface area contributed by atoms with Gasteiger partial charge in [0.2, 0.25) is 0 Å².